The summed E-state index contributed by atoms with van der Waals surface area (Å²) in [5, 5.41) is 5.50. The van der Waals surface area contributed by atoms with Gasteiger partial charge in [0.05, 0.1) is 22.2 Å². The van der Waals surface area contributed by atoms with Gasteiger partial charge in [-0.1, -0.05) is 43.2 Å². The molecule has 0 saturated heterocycles. The van der Waals surface area contributed by atoms with Gasteiger partial charge in [0.1, 0.15) is 0 Å². The van der Waals surface area contributed by atoms with E-state index in [-0.39, 0.29) is 0 Å². The van der Waals surface area contributed by atoms with Gasteiger partial charge in [0, 0.05) is 33.3 Å². The Bertz CT molecular complexity index is 1540. The van der Waals surface area contributed by atoms with Crippen molar-refractivity contribution in [2.45, 2.75) is 31.6 Å². The van der Waals surface area contributed by atoms with Crippen LogP contribution in [0.1, 0.15) is 37.2 Å². The second-order valence-corrected chi connectivity index (χ2v) is 8.75. The van der Waals surface area contributed by atoms with Crippen molar-refractivity contribution in [3.8, 4) is 11.3 Å². The summed E-state index contributed by atoms with van der Waals surface area (Å²) in [5.41, 5.74) is 7.70. The molecular weight excluding hydrogens is 364 g/mol. The number of hydrogen-bond acceptors (Lipinski definition) is 1. The smallest absolute Gasteiger partial charge is 0.0702 e. The number of nitrogens with zero attached hydrogens (tertiary/aromatic N) is 2. The molecule has 2 nitrogen and oxygen atoms in total. The van der Waals surface area contributed by atoms with Gasteiger partial charge < -0.3 is 4.40 Å². The van der Waals surface area contributed by atoms with Crippen molar-refractivity contribution >= 4 is 38.1 Å². The summed E-state index contributed by atoms with van der Waals surface area (Å²) >= 11 is 0. The summed E-state index contributed by atoms with van der Waals surface area (Å²) in [7, 11) is 0. The SMILES string of the molecule is c1ccc(-c2ccc3c(c2)c2cc(C4CCCC4)cc4c5ccccc5n3c42)nc1. The van der Waals surface area contributed by atoms with E-state index in [1.807, 2.05) is 12.3 Å². The lowest BCUT2D eigenvalue weighted by Gasteiger charge is -2.10. The number of benzene rings is 3. The fourth-order valence-electron chi connectivity index (χ4n) is 5.71. The maximum atomic E-state index is 4.58. The number of pyridine rings is 1. The summed E-state index contributed by atoms with van der Waals surface area (Å²) in [5.74, 6) is 0.704. The van der Waals surface area contributed by atoms with E-state index in [2.05, 4.69) is 76.1 Å². The molecule has 0 N–H and O–H groups in total. The zero-order valence-corrected chi connectivity index (χ0v) is 16.8. The Hall–Kier alpha value is -3.39. The number of aromatic nitrogens is 2. The standard InChI is InChI=1S/C28H22N2/c1-2-8-18(7-1)20-16-23-21-9-3-4-11-26(21)30-27-13-12-19(25-10-5-6-14-29-25)15-22(27)24(17-20)28(23)30/h3-6,9-18H,1-2,7-8H2. The molecule has 7 rings (SSSR count). The summed E-state index contributed by atoms with van der Waals surface area (Å²) in [4.78, 5) is 4.58. The first kappa shape index (κ1) is 16.4. The lowest BCUT2D eigenvalue weighted by atomic mass is 9.93. The van der Waals surface area contributed by atoms with E-state index < -0.39 is 0 Å². The Morgan fingerprint density at radius 2 is 1.47 bits per heavy atom. The van der Waals surface area contributed by atoms with Crippen molar-refractivity contribution in [3.05, 3.63) is 84.6 Å². The molecule has 0 aliphatic heterocycles. The third-order valence-electron chi connectivity index (χ3n) is 7.11. The summed E-state index contributed by atoms with van der Waals surface area (Å²) < 4.78 is 2.47. The highest BCUT2D eigenvalue weighted by atomic mass is 14.9. The Labute approximate surface area is 175 Å². The summed E-state index contributed by atoms with van der Waals surface area (Å²) in [6.07, 6.45) is 7.24. The van der Waals surface area contributed by atoms with Gasteiger partial charge in [-0.2, -0.15) is 0 Å². The summed E-state index contributed by atoms with van der Waals surface area (Å²) in [6.45, 7) is 0. The molecule has 0 spiro atoms. The van der Waals surface area contributed by atoms with E-state index in [1.54, 1.807) is 0 Å². The lowest BCUT2D eigenvalue weighted by Crippen LogP contribution is -1.91. The van der Waals surface area contributed by atoms with Gasteiger partial charge >= 0.3 is 0 Å². The van der Waals surface area contributed by atoms with Gasteiger partial charge in [0.15, 0.2) is 0 Å². The Morgan fingerprint density at radius 3 is 2.30 bits per heavy atom. The molecule has 0 bridgehead atoms. The van der Waals surface area contributed by atoms with Crippen LogP contribution in [-0.2, 0) is 0 Å². The average Bonchev–Trinajstić information content (AvgIpc) is 3.52. The molecule has 1 saturated carbocycles. The van der Waals surface area contributed by atoms with E-state index in [4.69, 9.17) is 0 Å². The maximum Gasteiger partial charge on any atom is 0.0702 e. The minimum Gasteiger partial charge on any atom is -0.308 e. The fourth-order valence-corrected chi connectivity index (χ4v) is 5.71. The molecule has 144 valence electrons. The molecule has 3 aromatic heterocycles. The molecule has 1 aliphatic rings. The highest BCUT2D eigenvalue weighted by Gasteiger charge is 2.22. The van der Waals surface area contributed by atoms with Crippen molar-refractivity contribution in [3.63, 3.8) is 0 Å². The molecule has 3 aromatic carbocycles. The van der Waals surface area contributed by atoms with Gasteiger partial charge in [-0.25, -0.2) is 0 Å². The number of fused-ring (bicyclic) bond motifs is 6. The van der Waals surface area contributed by atoms with Crippen LogP contribution in [-0.4, -0.2) is 9.38 Å². The molecule has 0 atom stereocenters. The van der Waals surface area contributed by atoms with Crippen LogP contribution < -0.4 is 0 Å². The first-order chi connectivity index (χ1) is 14.9. The topological polar surface area (TPSA) is 17.3 Å². The van der Waals surface area contributed by atoms with E-state index in [9.17, 15) is 0 Å². The van der Waals surface area contributed by atoms with Gasteiger partial charge in [-0.3, -0.25) is 4.98 Å². The largest absolute Gasteiger partial charge is 0.308 e. The van der Waals surface area contributed by atoms with Crippen LogP contribution in [0.2, 0.25) is 0 Å². The van der Waals surface area contributed by atoms with Crippen LogP contribution in [0.3, 0.4) is 0 Å². The van der Waals surface area contributed by atoms with E-state index >= 15 is 0 Å². The second kappa shape index (κ2) is 6.06. The van der Waals surface area contributed by atoms with Gasteiger partial charge in [0.2, 0.25) is 0 Å². The lowest BCUT2D eigenvalue weighted by molar-refractivity contribution is 0.725. The molecule has 3 heterocycles. The minimum absolute atomic E-state index is 0.704. The molecule has 2 heteroatoms. The van der Waals surface area contributed by atoms with Gasteiger partial charge in [-0.05, 0) is 66.8 Å². The van der Waals surface area contributed by atoms with Gasteiger partial charge in [0.25, 0.3) is 0 Å². The normalized spacial score (nSPS) is 15.3. The quantitative estimate of drug-likeness (QED) is 0.300. The number of para-hydroxylation sites is 1. The van der Waals surface area contributed by atoms with Crippen LogP contribution in [0.15, 0.2) is 79.0 Å². The van der Waals surface area contributed by atoms with Crippen LogP contribution >= 0.6 is 0 Å². The monoisotopic (exact) mass is 386 g/mol. The maximum absolute atomic E-state index is 4.58. The predicted octanol–water partition coefficient (Wildman–Crippen LogP) is 7.56. The van der Waals surface area contributed by atoms with Crippen LogP contribution in [0.4, 0.5) is 0 Å². The Balaban J connectivity index is 1.63. The van der Waals surface area contributed by atoms with Crippen LogP contribution in [0.25, 0.3) is 49.4 Å². The number of rotatable bonds is 2. The summed E-state index contributed by atoms with van der Waals surface area (Å²) in [6, 6.07) is 26.8. The van der Waals surface area contributed by atoms with Crippen molar-refractivity contribution in [2.24, 2.45) is 0 Å². The minimum atomic E-state index is 0.704. The van der Waals surface area contributed by atoms with Crippen molar-refractivity contribution < 1.29 is 0 Å². The van der Waals surface area contributed by atoms with Crippen molar-refractivity contribution in [2.75, 3.05) is 0 Å². The Kier molecular flexibility index (Phi) is 3.31. The van der Waals surface area contributed by atoms with Crippen molar-refractivity contribution in [1.82, 2.24) is 9.38 Å². The highest BCUT2D eigenvalue weighted by molar-refractivity contribution is 6.23. The third kappa shape index (κ3) is 2.16. The predicted molar refractivity (Wildman–Crippen MR) is 126 cm³/mol. The van der Waals surface area contributed by atoms with E-state index in [0.29, 0.717) is 5.92 Å². The first-order valence-electron chi connectivity index (χ1n) is 11.0. The third-order valence-corrected chi connectivity index (χ3v) is 7.11. The molecule has 0 radical (unpaired) electrons. The molecule has 6 aromatic rings. The van der Waals surface area contributed by atoms with Crippen LogP contribution in [0, 0.1) is 0 Å². The van der Waals surface area contributed by atoms with Crippen LogP contribution in [0.5, 0.6) is 0 Å². The molecule has 0 unspecified atom stereocenters. The van der Waals surface area contributed by atoms with Gasteiger partial charge in [-0.15, -0.1) is 0 Å². The molecule has 30 heavy (non-hydrogen) atoms. The number of hydrogen-bond donors (Lipinski definition) is 0. The molecule has 1 fully saturated rings. The Morgan fingerprint density at radius 1 is 0.700 bits per heavy atom. The average molecular weight is 386 g/mol. The zero-order valence-electron chi connectivity index (χ0n) is 16.8. The highest BCUT2D eigenvalue weighted by Crippen LogP contribution is 2.44. The molecule has 1 aliphatic carbocycles. The van der Waals surface area contributed by atoms with E-state index in [0.717, 1.165) is 5.69 Å². The fraction of sp³-hybridized carbons (Fsp3) is 0.179. The second-order valence-electron chi connectivity index (χ2n) is 8.75. The molecular formula is C28H22N2. The first-order valence-corrected chi connectivity index (χ1v) is 11.0. The molecule has 0 amide bonds. The van der Waals surface area contributed by atoms with Crippen molar-refractivity contribution in [1.29, 1.82) is 0 Å². The zero-order chi connectivity index (χ0) is 19.7. The van der Waals surface area contributed by atoms with E-state index in [1.165, 1.54) is 74.9 Å².